The molecule has 25 heavy (non-hydrogen) atoms. The molecule has 8 heteroatoms. The summed E-state index contributed by atoms with van der Waals surface area (Å²) in [5.41, 5.74) is 6.26. The van der Waals surface area contributed by atoms with Gasteiger partial charge in [0.1, 0.15) is 5.57 Å². The van der Waals surface area contributed by atoms with Gasteiger partial charge in [0.25, 0.3) is 5.56 Å². The third kappa shape index (κ3) is 2.93. The predicted octanol–water partition coefficient (Wildman–Crippen LogP) is 0.629. The van der Waals surface area contributed by atoms with Gasteiger partial charge in [-0.15, -0.1) is 0 Å². The van der Waals surface area contributed by atoms with Crippen molar-refractivity contribution in [2.45, 2.75) is 19.8 Å². The maximum absolute atomic E-state index is 12.4. The minimum absolute atomic E-state index is 0.0255. The lowest BCUT2D eigenvalue weighted by atomic mass is 9.84. The van der Waals surface area contributed by atoms with Gasteiger partial charge < -0.3 is 15.2 Å². The molecule has 1 aromatic carbocycles. The highest BCUT2D eigenvalue weighted by Gasteiger charge is 2.38. The van der Waals surface area contributed by atoms with Crippen molar-refractivity contribution >= 4 is 5.97 Å². The van der Waals surface area contributed by atoms with Crippen LogP contribution in [0.25, 0.3) is 0 Å². The van der Waals surface area contributed by atoms with Crippen molar-refractivity contribution in [1.82, 2.24) is 9.97 Å². The number of hydrogen-bond acceptors (Lipinski definition) is 6. The largest absolute Gasteiger partial charge is 0.462 e. The minimum atomic E-state index is -0.816. The average molecular weight is 343 g/mol. The van der Waals surface area contributed by atoms with Crippen LogP contribution in [0.5, 0.6) is 5.88 Å². The van der Waals surface area contributed by atoms with Gasteiger partial charge >= 0.3 is 11.7 Å². The van der Waals surface area contributed by atoms with Gasteiger partial charge in [-0.05, 0) is 19.4 Å². The van der Waals surface area contributed by atoms with Gasteiger partial charge in [-0.25, -0.2) is 9.59 Å². The van der Waals surface area contributed by atoms with E-state index in [0.29, 0.717) is 5.56 Å². The van der Waals surface area contributed by atoms with Gasteiger partial charge in [-0.1, -0.05) is 29.8 Å². The van der Waals surface area contributed by atoms with E-state index in [1.807, 2.05) is 19.1 Å². The fraction of sp³-hybridized carbons (Fsp3) is 0.235. The second-order valence-corrected chi connectivity index (χ2v) is 5.60. The van der Waals surface area contributed by atoms with E-state index < -0.39 is 23.1 Å². The number of aromatic amines is 2. The molecule has 0 bridgehead atoms. The molecule has 0 aliphatic carbocycles. The number of nitrogens with two attached hydrogens (primary N) is 1. The first-order chi connectivity index (χ1) is 11.9. The monoisotopic (exact) mass is 343 g/mol. The summed E-state index contributed by atoms with van der Waals surface area (Å²) in [7, 11) is 0. The lowest BCUT2D eigenvalue weighted by Crippen LogP contribution is -2.35. The number of esters is 1. The molecule has 2 heterocycles. The molecule has 130 valence electrons. The van der Waals surface area contributed by atoms with Crippen LogP contribution in [0.1, 0.15) is 29.5 Å². The van der Waals surface area contributed by atoms with Crippen LogP contribution in [-0.4, -0.2) is 22.5 Å². The fourth-order valence-electron chi connectivity index (χ4n) is 2.88. The number of rotatable bonds is 3. The summed E-state index contributed by atoms with van der Waals surface area (Å²) in [6.45, 7) is 3.70. The number of carbonyl (C=O) groups is 1. The average Bonchev–Trinajstić information content (AvgIpc) is 2.53. The number of aromatic nitrogens is 2. The third-order valence-electron chi connectivity index (χ3n) is 3.87. The quantitative estimate of drug-likeness (QED) is 0.702. The van der Waals surface area contributed by atoms with Gasteiger partial charge in [-0.2, -0.15) is 0 Å². The van der Waals surface area contributed by atoms with E-state index in [9.17, 15) is 14.4 Å². The number of ether oxygens (including phenoxy) is 2. The van der Waals surface area contributed by atoms with Crippen LogP contribution >= 0.6 is 0 Å². The smallest absolute Gasteiger partial charge is 0.340 e. The number of hydrogen-bond donors (Lipinski definition) is 3. The second-order valence-electron chi connectivity index (χ2n) is 5.60. The molecule has 2 aromatic rings. The molecular formula is C17H17N3O5. The maximum atomic E-state index is 12.4. The Morgan fingerprint density at radius 1 is 1.32 bits per heavy atom. The van der Waals surface area contributed by atoms with E-state index in [2.05, 4.69) is 9.97 Å². The predicted molar refractivity (Wildman–Crippen MR) is 89.2 cm³/mol. The highest BCUT2D eigenvalue weighted by molar-refractivity contribution is 5.92. The molecule has 0 amide bonds. The van der Waals surface area contributed by atoms with Crippen molar-refractivity contribution in [3.8, 4) is 5.88 Å². The zero-order valence-electron chi connectivity index (χ0n) is 13.7. The van der Waals surface area contributed by atoms with Crippen LogP contribution < -0.4 is 21.7 Å². The van der Waals surface area contributed by atoms with Crippen molar-refractivity contribution in [1.29, 1.82) is 0 Å². The number of fused-ring (bicyclic) bond motifs is 1. The number of H-pyrrole nitrogens is 2. The SMILES string of the molecule is CCOC(=O)C1=C(N)Oc2[nH]c(=O)[nH]c(=O)c2[C@@H]1c1cccc(C)c1. The highest BCUT2D eigenvalue weighted by atomic mass is 16.5. The first-order valence-electron chi connectivity index (χ1n) is 7.70. The van der Waals surface area contributed by atoms with Crippen LogP contribution in [0, 0.1) is 6.92 Å². The number of aryl methyl sites for hydroxylation is 1. The molecule has 4 N–H and O–H groups in total. The standard InChI is InChI=1S/C17H17N3O5/c1-3-24-16(22)11-10(9-6-4-5-8(2)7-9)12-14(21)19-17(23)20-15(12)25-13(11)18/h4-7,10H,3,18H2,1-2H3,(H2,19,20,21,23)/t10-/m1/s1. The van der Waals surface area contributed by atoms with Crippen molar-refractivity contribution < 1.29 is 14.3 Å². The Morgan fingerprint density at radius 3 is 2.76 bits per heavy atom. The first kappa shape index (κ1) is 16.6. The zero-order chi connectivity index (χ0) is 18.1. The summed E-state index contributed by atoms with van der Waals surface area (Å²) < 4.78 is 10.4. The van der Waals surface area contributed by atoms with E-state index in [0.717, 1.165) is 5.56 Å². The van der Waals surface area contributed by atoms with Gasteiger partial charge in [0.15, 0.2) is 0 Å². The summed E-state index contributed by atoms with van der Waals surface area (Å²) in [4.78, 5) is 41.0. The maximum Gasteiger partial charge on any atom is 0.340 e. The topological polar surface area (TPSA) is 127 Å². The number of carbonyl (C=O) groups excluding carboxylic acids is 1. The molecule has 3 rings (SSSR count). The Hall–Kier alpha value is -3.29. The van der Waals surface area contributed by atoms with E-state index in [4.69, 9.17) is 15.2 Å². The highest BCUT2D eigenvalue weighted by Crippen LogP contribution is 2.39. The molecule has 0 radical (unpaired) electrons. The van der Waals surface area contributed by atoms with Crippen molar-refractivity contribution in [2.75, 3.05) is 6.61 Å². The van der Waals surface area contributed by atoms with Crippen LogP contribution in [0.3, 0.4) is 0 Å². The molecular weight excluding hydrogens is 326 g/mol. The van der Waals surface area contributed by atoms with Gasteiger partial charge in [0.2, 0.25) is 11.8 Å². The first-order valence-corrected chi connectivity index (χ1v) is 7.70. The van der Waals surface area contributed by atoms with Crippen LogP contribution in [0.15, 0.2) is 45.3 Å². The Bertz CT molecular complexity index is 986. The fourth-order valence-corrected chi connectivity index (χ4v) is 2.88. The summed E-state index contributed by atoms with van der Waals surface area (Å²) in [6.07, 6.45) is 0. The van der Waals surface area contributed by atoms with E-state index in [-0.39, 0.29) is 29.5 Å². The normalized spacial score (nSPS) is 16.2. The van der Waals surface area contributed by atoms with Gasteiger partial charge in [0, 0.05) is 0 Å². The molecule has 8 nitrogen and oxygen atoms in total. The van der Waals surface area contributed by atoms with Crippen molar-refractivity contribution in [3.63, 3.8) is 0 Å². The number of nitrogens with one attached hydrogen (secondary N) is 2. The molecule has 0 saturated carbocycles. The lowest BCUT2D eigenvalue weighted by Gasteiger charge is -2.27. The summed E-state index contributed by atoms with van der Waals surface area (Å²) >= 11 is 0. The lowest BCUT2D eigenvalue weighted by molar-refractivity contribution is -0.139. The third-order valence-corrected chi connectivity index (χ3v) is 3.87. The van der Waals surface area contributed by atoms with E-state index >= 15 is 0 Å². The molecule has 0 saturated heterocycles. The molecule has 0 fully saturated rings. The van der Waals surface area contributed by atoms with Crippen LogP contribution in [-0.2, 0) is 9.53 Å². The number of benzene rings is 1. The zero-order valence-corrected chi connectivity index (χ0v) is 13.7. The second kappa shape index (κ2) is 6.31. The van der Waals surface area contributed by atoms with Crippen molar-refractivity contribution in [3.05, 3.63) is 73.3 Å². The Balaban J connectivity index is 2.30. The molecule has 1 aromatic heterocycles. The van der Waals surface area contributed by atoms with Crippen molar-refractivity contribution in [2.24, 2.45) is 5.73 Å². The Labute approximate surface area is 142 Å². The van der Waals surface area contributed by atoms with Crippen LogP contribution in [0.2, 0.25) is 0 Å². The molecule has 0 spiro atoms. The molecule has 1 aliphatic rings. The minimum Gasteiger partial charge on any atom is -0.462 e. The van der Waals surface area contributed by atoms with E-state index in [1.54, 1.807) is 19.1 Å². The van der Waals surface area contributed by atoms with Gasteiger partial charge in [0.05, 0.1) is 18.1 Å². The van der Waals surface area contributed by atoms with Gasteiger partial charge in [-0.3, -0.25) is 14.8 Å². The molecule has 0 unspecified atom stereocenters. The Morgan fingerprint density at radius 2 is 2.08 bits per heavy atom. The van der Waals surface area contributed by atoms with Crippen LogP contribution in [0.4, 0.5) is 0 Å². The summed E-state index contributed by atoms with van der Waals surface area (Å²) in [5, 5.41) is 0. The summed E-state index contributed by atoms with van der Waals surface area (Å²) in [6, 6.07) is 7.29. The Kier molecular flexibility index (Phi) is 4.18. The van der Waals surface area contributed by atoms with E-state index in [1.165, 1.54) is 0 Å². The summed E-state index contributed by atoms with van der Waals surface area (Å²) in [5.74, 6) is -1.78. The molecule has 1 aliphatic heterocycles. The molecule has 1 atom stereocenters.